The number of nitrogens with zero attached hydrogens (tertiary/aromatic N) is 2. The van der Waals surface area contributed by atoms with Crippen LogP contribution < -0.4 is 0 Å². The van der Waals surface area contributed by atoms with Crippen molar-refractivity contribution < 1.29 is 19.1 Å². The lowest BCUT2D eigenvalue weighted by Crippen LogP contribution is -2.44. The number of carbonyl (C=O) groups is 2. The summed E-state index contributed by atoms with van der Waals surface area (Å²) >= 11 is 0. The van der Waals surface area contributed by atoms with Crippen LogP contribution in [0.5, 0.6) is 0 Å². The summed E-state index contributed by atoms with van der Waals surface area (Å²) in [5.74, 6) is -0.704. The standard InChI is InChI=1S/C20H24N2O4/c1-15(23)22(4)19(26-16(2)24)14-25-20(3,17-10-6-5-7-11-17)18-12-8-9-13-21-18/h5-13,19H,14H2,1-4H3. The summed E-state index contributed by atoms with van der Waals surface area (Å²) in [6.07, 6.45) is 0.877. The molecule has 2 rings (SSSR count). The molecule has 2 unspecified atom stereocenters. The molecule has 1 heterocycles. The van der Waals surface area contributed by atoms with Crippen LogP contribution in [0.15, 0.2) is 54.7 Å². The zero-order valence-electron chi connectivity index (χ0n) is 15.5. The van der Waals surface area contributed by atoms with Crippen LogP contribution in [0.3, 0.4) is 0 Å². The van der Waals surface area contributed by atoms with Gasteiger partial charge in [0.25, 0.3) is 0 Å². The lowest BCUT2D eigenvalue weighted by molar-refractivity contribution is -0.172. The molecule has 0 aliphatic rings. The zero-order valence-corrected chi connectivity index (χ0v) is 15.5. The number of hydrogen-bond donors (Lipinski definition) is 0. The highest BCUT2D eigenvalue weighted by Crippen LogP contribution is 2.32. The van der Waals surface area contributed by atoms with Gasteiger partial charge < -0.3 is 14.4 Å². The number of ether oxygens (including phenoxy) is 2. The average Bonchev–Trinajstić information content (AvgIpc) is 2.65. The Morgan fingerprint density at radius 3 is 2.31 bits per heavy atom. The SMILES string of the molecule is CC(=O)OC(COC(C)(c1ccccc1)c1ccccn1)N(C)C(C)=O. The molecular weight excluding hydrogens is 332 g/mol. The van der Waals surface area contributed by atoms with E-state index in [0.717, 1.165) is 11.3 Å². The summed E-state index contributed by atoms with van der Waals surface area (Å²) in [6.45, 7) is 4.63. The highest BCUT2D eigenvalue weighted by molar-refractivity contribution is 5.73. The lowest BCUT2D eigenvalue weighted by Gasteiger charge is -2.34. The third-order valence-corrected chi connectivity index (χ3v) is 4.22. The number of carbonyl (C=O) groups excluding carboxylic acids is 2. The summed E-state index contributed by atoms with van der Waals surface area (Å²) in [7, 11) is 1.57. The highest BCUT2D eigenvalue weighted by Gasteiger charge is 2.33. The Kier molecular flexibility index (Phi) is 6.46. The molecule has 1 aromatic heterocycles. The van der Waals surface area contributed by atoms with Gasteiger partial charge in [0, 0.05) is 27.1 Å². The molecule has 26 heavy (non-hydrogen) atoms. The van der Waals surface area contributed by atoms with Crippen LogP contribution in [-0.2, 0) is 24.7 Å². The van der Waals surface area contributed by atoms with Crippen LogP contribution in [0.1, 0.15) is 32.0 Å². The quantitative estimate of drug-likeness (QED) is 0.564. The molecule has 6 nitrogen and oxygen atoms in total. The molecule has 2 atom stereocenters. The van der Waals surface area contributed by atoms with E-state index in [4.69, 9.17) is 9.47 Å². The fraction of sp³-hybridized carbons (Fsp3) is 0.350. The van der Waals surface area contributed by atoms with Crippen molar-refractivity contribution >= 4 is 11.9 Å². The number of likely N-dealkylation sites (N-methyl/N-ethyl adjacent to an activating group) is 1. The van der Waals surface area contributed by atoms with Crippen molar-refractivity contribution in [3.63, 3.8) is 0 Å². The van der Waals surface area contributed by atoms with Crippen molar-refractivity contribution in [2.45, 2.75) is 32.6 Å². The minimum Gasteiger partial charge on any atom is -0.439 e. The van der Waals surface area contributed by atoms with Crippen LogP contribution in [0.25, 0.3) is 0 Å². The number of rotatable bonds is 7. The van der Waals surface area contributed by atoms with E-state index in [1.807, 2.05) is 55.5 Å². The summed E-state index contributed by atoms with van der Waals surface area (Å²) in [4.78, 5) is 28.9. The Labute approximate surface area is 153 Å². The molecular formula is C20H24N2O4. The van der Waals surface area contributed by atoms with Gasteiger partial charge in [-0.25, -0.2) is 0 Å². The Morgan fingerprint density at radius 2 is 1.77 bits per heavy atom. The first-order valence-corrected chi connectivity index (χ1v) is 8.36. The van der Waals surface area contributed by atoms with E-state index < -0.39 is 17.8 Å². The van der Waals surface area contributed by atoms with Gasteiger partial charge in [-0.1, -0.05) is 36.4 Å². The number of pyridine rings is 1. The molecule has 138 valence electrons. The lowest BCUT2D eigenvalue weighted by atomic mass is 9.91. The Morgan fingerprint density at radius 1 is 1.12 bits per heavy atom. The minimum atomic E-state index is -0.863. The first-order chi connectivity index (χ1) is 12.3. The monoisotopic (exact) mass is 356 g/mol. The second-order valence-electron chi connectivity index (χ2n) is 6.12. The maximum Gasteiger partial charge on any atom is 0.304 e. The third-order valence-electron chi connectivity index (χ3n) is 4.22. The van der Waals surface area contributed by atoms with Crippen LogP contribution in [-0.4, -0.2) is 41.6 Å². The number of esters is 1. The predicted molar refractivity (Wildman–Crippen MR) is 97.1 cm³/mol. The maximum atomic E-state index is 11.7. The van der Waals surface area contributed by atoms with Gasteiger partial charge in [-0.15, -0.1) is 0 Å². The fourth-order valence-electron chi connectivity index (χ4n) is 2.56. The van der Waals surface area contributed by atoms with Crippen LogP contribution in [0, 0.1) is 0 Å². The number of benzene rings is 1. The molecule has 0 aliphatic heterocycles. The second-order valence-corrected chi connectivity index (χ2v) is 6.12. The summed E-state index contributed by atoms with van der Waals surface area (Å²) in [5.41, 5.74) is 0.766. The van der Waals surface area contributed by atoms with E-state index in [1.54, 1.807) is 13.2 Å². The zero-order chi connectivity index (χ0) is 19.2. The Hall–Kier alpha value is -2.73. The minimum absolute atomic E-state index is 0.0115. The van der Waals surface area contributed by atoms with Crippen LogP contribution in [0.4, 0.5) is 0 Å². The van der Waals surface area contributed by atoms with E-state index in [1.165, 1.54) is 18.7 Å². The molecule has 0 saturated heterocycles. The van der Waals surface area contributed by atoms with Crippen molar-refractivity contribution in [3.8, 4) is 0 Å². The first-order valence-electron chi connectivity index (χ1n) is 8.36. The molecule has 1 amide bonds. The molecule has 0 fully saturated rings. The predicted octanol–water partition coefficient (Wildman–Crippen LogP) is 2.73. The molecule has 0 radical (unpaired) electrons. The smallest absolute Gasteiger partial charge is 0.304 e. The Bertz CT molecular complexity index is 694. The molecule has 1 aromatic carbocycles. The highest BCUT2D eigenvalue weighted by atomic mass is 16.6. The van der Waals surface area contributed by atoms with Gasteiger partial charge in [0.15, 0.2) is 0 Å². The fourth-order valence-corrected chi connectivity index (χ4v) is 2.56. The van der Waals surface area contributed by atoms with E-state index in [2.05, 4.69) is 4.98 Å². The summed E-state index contributed by atoms with van der Waals surface area (Å²) < 4.78 is 11.5. The van der Waals surface area contributed by atoms with Gasteiger partial charge in [0.2, 0.25) is 12.1 Å². The maximum absolute atomic E-state index is 11.7. The van der Waals surface area contributed by atoms with Gasteiger partial charge >= 0.3 is 5.97 Å². The summed E-state index contributed by atoms with van der Waals surface area (Å²) in [5, 5.41) is 0. The van der Waals surface area contributed by atoms with Gasteiger partial charge in [-0.2, -0.15) is 0 Å². The number of aromatic nitrogens is 1. The number of amides is 1. The molecule has 0 aliphatic carbocycles. The molecule has 2 aromatic rings. The first kappa shape index (κ1) is 19.6. The second kappa shape index (κ2) is 8.58. The van der Waals surface area contributed by atoms with Gasteiger partial charge in [-0.3, -0.25) is 14.6 Å². The van der Waals surface area contributed by atoms with Gasteiger partial charge in [0.1, 0.15) is 12.2 Å². The van der Waals surface area contributed by atoms with Crippen molar-refractivity contribution in [1.82, 2.24) is 9.88 Å². The molecule has 0 bridgehead atoms. The van der Waals surface area contributed by atoms with E-state index >= 15 is 0 Å². The van der Waals surface area contributed by atoms with E-state index in [-0.39, 0.29) is 12.5 Å². The molecule has 0 saturated carbocycles. The van der Waals surface area contributed by atoms with Crippen LogP contribution in [0.2, 0.25) is 0 Å². The van der Waals surface area contributed by atoms with Crippen LogP contribution >= 0.6 is 0 Å². The third kappa shape index (κ3) is 4.67. The number of hydrogen-bond acceptors (Lipinski definition) is 5. The molecule has 0 N–H and O–H groups in total. The topological polar surface area (TPSA) is 68.7 Å². The van der Waals surface area contributed by atoms with E-state index in [0.29, 0.717) is 0 Å². The molecule has 6 heteroatoms. The average molecular weight is 356 g/mol. The molecule has 0 spiro atoms. The van der Waals surface area contributed by atoms with Crippen molar-refractivity contribution in [2.24, 2.45) is 0 Å². The normalized spacial score (nSPS) is 14.2. The summed E-state index contributed by atoms with van der Waals surface area (Å²) in [6, 6.07) is 15.3. The van der Waals surface area contributed by atoms with Gasteiger partial charge in [-0.05, 0) is 24.6 Å². The van der Waals surface area contributed by atoms with Crippen molar-refractivity contribution in [1.29, 1.82) is 0 Å². The van der Waals surface area contributed by atoms with E-state index in [9.17, 15) is 9.59 Å². The van der Waals surface area contributed by atoms with Crippen molar-refractivity contribution in [3.05, 3.63) is 66.0 Å². The Balaban J connectivity index is 2.32. The largest absolute Gasteiger partial charge is 0.439 e. The van der Waals surface area contributed by atoms with Gasteiger partial charge in [0.05, 0.1) is 5.69 Å². The van der Waals surface area contributed by atoms with Crippen molar-refractivity contribution in [2.75, 3.05) is 13.7 Å².